The van der Waals surface area contributed by atoms with Gasteiger partial charge in [-0.25, -0.2) is 0 Å². The van der Waals surface area contributed by atoms with E-state index in [1.807, 2.05) is 0 Å². The minimum absolute atomic E-state index is 0.0272. The van der Waals surface area contributed by atoms with Crippen molar-refractivity contribution >= 4 is 11.6 Å². The molecule has 0 spiro atoms. The van der Waals surface area contributed by atoms with E-state index in [9.17, 15) is 4.79 Å². The van der Waals surface area contributed by atoms with Gasteiger partial charge in [0.1, 0.15) is 0 Å². The number of benzene rings is 1. The maximum atomic E-state index is 12.9. The van der Waals surface area contributed by atoms with Gasteiger partial charge in [-0.2, -0.15) is 10.5 Å². The first-order valence-corrected chi connectivity index (χ1v) is 9.33. The topological polar surface area (TPSA) is 71.1 Å². The lowest BCUT2D eigenvalue weighted by Gasteiger charge is -2.34. The van der Waals surface area contributed by atoms with Crippen LogP contribution < -0.4 is 4.90 Å². The highest BCUT2D eigenvalue weighted by Gasteiger charge is 2.22. The number of carbonyl (C=O) groups is 1. The highest BCUT2D eigenvalue weighted by atomic mass is 16.2. The number of nitriles is 2. The Balaban J connectivity index is 3.06. The predicted octanol–water partition coefficient (Wildman–Crippen LogP) is 3.95. The largest absolute Gasteiger partial charge is 0.359 e. The summed E-state index contributed by atoms with van der Waals surface area (Å²) in [7, 11) is 0. The maximum Gasteiger partial charge on any atom is 0.242 e. The van der Waals surface area contributed by atoms with Gasteiger partial charge >= 0.3 is 0 Å². The zero-order valence-electron chi connectivity index (χ0n) is 16.5. The molecule has 1 aromatic carbocycles. The first kappa shape index (κ1) is 21.5. The van der Waals surface area contributed by atoms with Gasteiger partial charge in [-0.1, -0.05) is 19.9 Å². The van der Waals surface area contributed by atoms with Crippen molar-refractivity contribution in [3.05, 3.63) is 29.3 Å². The van der Waals surface area contributed by atoms with Crippen molar-refractivity contribution in [2.45, 2.75) is 59.4 Å². The third kappa shape index (κ3) is 6.08. The van der Waals surface area contributed by atoms with E-state index in [-0.39, 0.29) is 31.3 Å². The molecule has 0 fully saturated rings. The van der Waals surface area contributed by atoms with E-state index in [1.54, 1.807) is 4.90 Å². The molecule has 1 aromatic rings. The van der Waals surface area contributed by atoms with Gasteiger partial charge in [0.25, 0.3) is 0 Å². The zero-order chi connectivity index (χ0) is 19.5. The molecular formula is C21H30N4O. The Hall–Kier alpha value is -2.53. The Bertz CT molecular complexity index is 650. The summed E-state index contributed by atoms with van der Waals surface area (Å²) in [4.78, 5) is 16.7. The van der Waals surface area contributed by atoms with Gasteiger partial charge in [0.2, 0.25) is 5.91 Å². The fourth-order valence-electron chi connectivity index (χ4n) is 3.04. The van der Waals surface area contributed by atoms with Crippen LogP contribution >= 0.6 is 0 Å². The van der Waals surface area contributed by atoms with Crippen LogP contribution in [0.25, 0.3) is 0 Å². The molecule has 5 nitrogen and oxygen atoms in total. The van der Waals surface area contributed by atoms with Crippen molar-refractivity contribution in [3.8, 4) is 12.1 Å². The number of anilines is 1. The Morgan fingerprint density at radius 3 is 2.08 bits per heavy atom. The summed E-state index contributed by atoms with van der Waals surface area (Å²) in [6.07, 6.45) is 2.47. The molecule has 0 heterocycles. The van der Waals surface area contributed by atoms with E-state index >= 15 is 0 Å². The molecule has 0 radical (unpaired) electrons. The lowest BCUT2D eigenvalue weighted by molar-refractivity contribution is -0.129. The summed E-state index contributed by atoms with van der Waals surface area (Å²) < 4.78 is 0. The van der Waals surface area contributed by atoms with Crippen LogP contribution in [0.15, 0.2) is 18.2 Å². The van der Waals surface area contributed by atoms with Crippen LogP contribution in [-0.4, -0.2) is 36.5 Å². The summed E-state index contributed by atoms with van der Waals surface area (Å²) in [5.74, 6) is -0.0272. The molecule has 0 saturated carbocycles. The summed E-state index contributed by atoms with van der Waals surface area (Å²) in [6.45, 7) is 9.45. The van der Waals surface area contributed by atoms with E-state index in [1.165, 1.54) is 11.1 Å². The van der Waals surface area contributed by atoms with Gasteiger partial charge in [0.05, 0.1) is 31.5 Å². The molecule has 1 amide bonds. The summed E-state index contributed by atoms with van der Waals surface area (Å²) >= 11 is 0. The Morgan fingerprint density at radius 1 is 1.04 bits per heavy atom. The minimum Gasteiger partial charge on any atom is -0.359 e. The summed E-state index contributed by atoms with van der Waals surface area (Å²) in [5.41, 5.74) is 3.49. The first-order chi connectivity index (χ1) is 12.5. The normalized spacial score (nSPS) is 10.3. The molecule has 26 heavy (non-hydrogen) atoms. The van der Waals surface area contributed by atoms with Crippen LogP contribution in [0.2, 0.25) is 0 Å². The predicted molar refractivity (Wildman–Crippen MR) is 105 cm³/mol. The van der Waals surface area contributed by atoms with E-state index in [2.05, 4.69) is 62.9 Å². The van der Waals surface area contributed by atoms with Crippen molar-refractivity contribution in [1.82, 2.24) is 4.90 Å². The molecule has 0 aromatic heterocycles. The lowest BCUT2D eigenvalue weighted by Crippen LogP contribution is -2.45. The Morgan fingerprint density at radius 2 is 1.62 bits per heavy atom. The zero-order valence-corrected chi connectivity index (χ0v) is 16.5. The highest BCUT2D eigenvalue weighted by Crippen LogP contribution is 2.23. The van der Waals surface area contributed by atoms with Crippen LogP contribution in [0.1, 0.15) is 50.7 Å². The van der Waals surface area contributed by atoms with Gasteiger partial charge in [-0.05, 0) is 49.9 Å². The van der Waals surface area contributed by atoms with Crippen LogP contribution in [0, 0.1) is 36.5 Å². The van der Waals surface area contributed by atoms with Crippen molar-refractivity contribution in [3.63, 3.8) is 0 Å². The third-order valence-corrected chi connectivity index (χ3v) is 4.85. The molecule has 0 bridgehead atoms. The van der Waals surface area contributed by atoms with E-state index < -0.39 is 0 Å². The second-order valence-corrected chi connectivity index (χ2v) is 6.56. The molecule has 0 atom stereocenters. The van der Waals surface area contributed by atoms with Gasteiger partial charge in [0, 0.05) is 24.8 Å². The number of amides is 1. The van der Waals surface area contributed by atoms with E-state index in [4.69, 9.17) is 10.5 Å². The Kier molecular flexibility index (Phi) is 9.23. The second kappa shape index (κ2) is 11.2. The van der Waals surface area contributed by atoms with E-state index in [0.29, 0.717) is 13.1 Å². The van der Waals surface area contributed by atoms with Crippen molar-refractivity contribution in [2.75, 3.05) is 24.5 Å². The molecule has 0 N–H and O–H groups in total. The summed E-state index contributed by atoms with van der Waals surface area (Å²) in [5, 5.41) is 17.7. The molecule has 5 heteroatoms. The third-order valence-electron chi connectivity index (χ3n) is 4.85. The SMILES string of the molecule is CCC(CC)N(CC(=O)N(CCC#N)CCC#N)c1ccc(C)c(C)c1. The highest BCUT2D eigenvalue weighted by molar-refractivity contribution is 5.81. The first-order valence-electron chi connectivity index (χ1n) is 9.33. The van der Waals surface area contributed by atoms with Crippen molar-refractivity contribution in [1.29, 1.82) is 10.5 Å². The van der Waals surface area contributed by atoms with Gasteiger partial charge in [0.15, 0.2) is 0 Å². The molecule has 0 aliphatic rings. The lowest BCUT2D eigenvalue weighted by atomic mass is 10.1. The number of rotatable bonds is 10. The molecule has 0 unspecified atom stereocenters. The average molecular weight is 354 g/mol. The summed E-state index contributed by atoms with van der Waals surface area (Å²) in [6, 6.07) is 10.7. The van der Waals surface area contributed by atoms with Gasteiger partial charge in [-0.15, -0.1) is 0 Å². The number of aryl methyl sites for hydroxylation is 2. The molecule has 0 aliphatic heterocycles. The van der Waals surface area contributed by atoms with Gasteiger partial charge in [-0.3, -0.25) is 4.79 Å². The molecule has 1 rings (SSSR count). The van der Waals surface area contributed by atoms with Crippen LogP contribution in [0.3, 0.4) is 0 Å². The number of nitrogens with zero attached hydrogens (tertiary/aromatic N) is 4. The van der Waals surface area contributed by atoms with Crippen molar-refractivity contribution < 1.29 is 4.79 Å². The number of hydrogen-bond acceptors (Lipinski definition) is 4. The van der Waals surface area contributed by atoms with Gasteiger partial charge < -0.3 is 9.80 Å². The monoisotopic (exact) mass is 354 g/mol. The average Bonchev–Trinajstić information content (AvgIpc) is 2.64. The maximum absolute atomic E-state index is 12.9. The quantitative estimate of drug-likeness (QED) is 0.638. The van der Waals surface area contributed by atoms with Crippen molar-refractivity contribution in [2.24, 2.45) is 0 Å². The molecular weight excluding hydrogens is 324 g/mol. The minimum atomic E-state index is -0.0272. The Labute approximate surface area is 157 Å². The number of hydrogen-bond donors (Lipinski definition) is 0. The molecule has 140 valence electrons. The smallest absolute Gasteiger partial charge is 0.242 e. The van der Waals surface area contributed by atoms with Crippen LogP contribution in [-0.2, 0) is 4.79 Å². The van der Waals surface area contributed by atoms with Crippen LogP contribution in [0.5, 0.6) is 0 Å². The van der Waals surface area contributed by atoms with Crippen LogP contribution in [0.4, 0.5) is 5.69 Å². The fourth-order valence-corrected chi connectivity index (χ4v) is 3.04. The second-order valence-electron chi connectivity index (χ2n) is 6.56. The van der Waals surface area contributed by atoms with E-state index in [0.717, 1.165) is 18.5 Å². The fraction of sp³-hybridized carbons (Fsp3) is 0.571. The number of carbonyl (C=O) groups excluding carboxylic acids is 1. The standard InChI is InChI=1S/C21H30N4O/c1-5-19(6-2)25(20-10-9-17(3)18(4)15-20)16-21(26)24(13-7-11-22)14-8-12-23/h9-10,15,19H,5-8,13-14,16H2,1-4H3. The molecule has 0 aliphatic carbocycles. The molecule has 0 saturated heterocycles.